The minimum atomic E-state index is 0.309. The number of carbonyl (C=O) groups is 1. The first-order chi connectivity index (χ1) is 13.3. The molecule has 1 aromatic heterocycles. The van der Waals surface area contributed by atoms with Crippen LogP contribution in [0, 0.1) is 34.5 Å². The summed E-state index contributed by atoms with van der Waals surface area (Å²) in [6.45, 7) is 7.48. The van der Waals surface area contributed by atoms with E-state index in [1.165, 1.54) is 32.1 Å². The van der Waals surface area contributed by atoms with E-state index in [4.69, 9.17) is 0 Å². The normalized spacial score (nSPS) is 47.0. The number of likely N-dealkylation sites (tertiary alicyclic amines) is 1. The van der Waals surface area contributed by atoms with E-state index in [0.717, 1.165) is 36.4 Å². The molecule has 4 aliphatic rings. The molecule has 0 bridgehead atoms. The molecule has 0 radical (unpaired) electrons. The number of allylic oxidation sites excluding steroid dienone is 1. The van der Waals surface area contributed by atoms with Crippen molar-refractivity contribution < 1.29 is 4.79 Å². The van der Waals surface area contributed by atoms with Crippen molar-refractivity contribution >= 4 is 12.0 Å². The molecule has 1 unspecified atom stereocenters. The zero-order valence-electron chi connectivity index (χ0n) is 17.9. The Hall–Kier alpha value is -1.58. The second-order valence-corrected chi connectivity index (χ2v) is 10.6. The average molecular weight is 382 g/mol. The molecule has 2 heterocycles. The Morgan fingerprint density at radius 1 is 1.21 bits per heavy atom. The molecular formula is C24H35N3O. The molecule has 7 atom stereocenters. The number of fused-ring (bicyclic) bond motifs is 5. The number of piperidine rings is 1. The van der Waals surface area contributed by atoms with Gasteiger partial charge in [0.25, 0.3) is 0 Å². The molecule has 1 N–H and O–H groups in total. The van der Waals surface area contributed by atoms with E-state index in [0.29, 0.717) is 28.7 Å². The fourth-order valence-corrected chi connectivity index (χ4v) is 8.15. The molecule has 1 aliphatic heterocycles. The lowest BCUT2D eigenvalue weighted by Crippen LogP contribution is -2.61. The van der Waals surface area contributed by atoms with E-state index in [2.05, 4.69) is 48.8 Å². The van der Waals surface area contributed by atoms with Crippen LogP contribution in [0.5, 0.6) is 0 Å². The van der Waals surface area contributed by atoms with E-state index in [1.807, 2.05) is 12.4 Å². The van der Waals surface area contributed by atoms with Gasteiger partial charge in [-0.2, -0.15) is 0 Å². The van der Waals surface area contributed by atoms with Gasteiger partial charge in [0.1, 0.15) is 5.82 Å². The Balaban J connectivity index is 1.47. The number of rotatable bonds is 1. The predicted octanol–water partition coefficient (Wildman–Crippen LogP) is 4.90. The number of amides is 1. The third-order valence-electron chi connectivity index (χ3n) is 9.56. The highest BCUT2D eigenvalue weighted by molar-refractivity contribution is 5.77. The molecule has 1 saturated heterocycles. The van der Waals surface area contributed by atoms with Gasteiger partial charge in [-0.15, -0.1) is 0 Å². The van der Waals surface area contributed by atoms with Crippen LogP contribution in [0.1, 0.15) is 71.5 Å². The minimum Gasteiger partial charge on any atom is -0.345 e. The van der Waals surface area contributed by atoms with E-state index in [-0.39, 0.29) is 0 Å². The number of nitrogens with zero attached hydrogens (tertiary/aromatic N) is 2. The molecule has 0 spiro atoms. The molecule has 152 valence electrons. The molecule has 4 nitrogen and oxygen atoms in total. The van der Waals surface area contributed by atoms with Crippen molar-refractivity contribution in [1.82, 2.24) is 14.9 Å². The highest BCUT2D eigenvalue weighted by Crippen LogP contribution is 2.67. The second-order valence-electron chi connectivity index (χ2n) is 10.6. The summed E-state index contributed by atoms with van der Waals surface area (Å²) in [6, 6.07) is 0.455. The topological polar surface area (TPSA) is 49.0 Å². The van der Waals surface area contributed by atoms with E-state index in [9.17, 15) is 4.79 Å². The van der Waals surface area contributed by atoms with Gasteiger partial charge in [0, 0.05) is 31.9 Å². The lowest BCUT2D eigenvalue weighted by atomic mass is 9.47. The van der Waals surface area contributed by atoms with E-state index in [1.54, 1.807) is 5.57 Å². The number of aromatic amines is 1. The predicted molar refractivity (Wildman–Crippen MR) is 111 cm³/mol. The summed E-state index contributed by atoms with van der Waals surface area (Å²) >= 11 is 0. The SMILES string of the molecule is CC1C[C@H]2[C@@H]3CC[C@H]4N(C)C(=O)CC[C@]4(C)[C@H]3CC[C@]2(C)/C1=C/c1ncc[nH]1. The number of imidazole rings is 1. The van der Waals surface area contributed by atoms with Crippen LogP contribution in [0.25, 0.3) is 6.08 Å². The molecular weight excluding hydrogens is 346 g/mol. The van der Waals surface area contributed by atoms with Crippen LogP contribution in [0.4, 0.5) is 0 Å². The maximum Gasteiger partial charge on any atom is 0.222 e. The molecule has 4 fully saturated rings. The minimum absolute atomic E-state index is 0.309. The van der Waals surface area contributed by atoms with Crippen LogP contribution >= 0.6 is 0 Å². The maximum atomic E-state index is 12.3. The quantitative estimate of drug-likeness (QED) is 0.752. The van der Waals surface area contributed by atoms with Gasteiger partial charge in [0.05, 0.1) is 0 Å². The molecule has 3 aliphatic carbocycles. The van der Waals surface area contributed by atoms with Crippen LogP contribution in [-0.2, 0) is 4.79 Å². The van der Waals surface area contributed by atoms with Crippen LogP contribution in [0.3, 0.4) is 0 Å². The first kappa shape index (κ1) is 18.4. The lowest BCUT2D eigenvalue weighted by molar-refractivity contribution is -0.156. The number of aromatic nitrogens is 2. The van der Waals surface area contributed by atoms with Crippen molar-refractivity contribution in [3.05, 3.63) is 23.8 Å². The van der Waals surface area contributed by atoms with Crippen molar-refractivity contribution in [2.24, 2.45) is 34.5 Å². The van der Waals surface area contributed by atoms with Crippen LogP contribution < -0.4 is 0 Å². The first-order valence-corrected chi connectivity index (χ1v) is 11.3. The molecule has 1 aromatic rings. The number of H-pyrrole nitrogens is 1. The lowest BCUT2D eigenvalue weighted by Gasteiger charge is -2.61. The van der Waals surface area contributed by atoms with Gasteiger partial charge in [0.15, 0.2) is 0 Å². The smallest absolute Gasteiger partial charge is 0.222 e. The van der Waals surface area contributed by atoms with E-state index >= 15 is 0 Å². The van der Waals surface area contributed by atoms with Crippen LogP contribution in [0.2, 0.25) is 0 Å². The molecule has 1 amide bonds. The Morgan fingerprint density at radius 2 is 2.04 bits per heavy atom. The van der Waals surface area contributed by atoms with E-state index < -0.39 is 0 Å². The van der Waals surface area contributed by atoms with Crippen molar-refractivity contribution in [2.75, 3.05) is 7.05 Å². The zero-order chi connectivity index (χ0) is 19.7. The summed E-state index contributed by atoms with van der Waals surface area (Å²) in [6.07, 6.45) is 14.4. The number of carbonyl (C=O) groups excluding carboxylic acids is 1. The molecule has 0 aromatic carbocycles. The molecule has 4 heteroatoms. The van der Waals surface area contributed by atoms with Crippen molar-refractivity contribution in [1.29, 1.82) is 0 Å². The third-order valence-corrected chi connectivity index (χ3v) is 9.56. The summed E-state index contributed by atoms with van der Waals surface area (Å²) in [5.41, 5.74) is 2.24. The standard InChI is InChI=1S/C24H35N3O/c1-15-13-19-16-5-6-20-24(3,10-8-22(28)27(20)4)17(16)7-9-23(19,2)18(15)14-21-25-11-12-26-21/h11-12,14-17,19-20H,5-10,13H2,1-4H3,(H,25,26)/b18-14+/t15?,16-,17+,19+,20-,23-,24-/m1/s1. The Labute approximate surface area is 169 Å². The van der Waals surface area contributed by atoms with Crippen LogP contribution in [0.15, 0.2) is 18.0 Å². The summed E-state index contributed by atoms with van der Waals surface area (Å²) in [7, 11) is 2.06. The average Bonchev–Trinajstić information content (AvgIpc) is 3.26. The number of hydrogen-bond donors (Lipinski definition) is 1. The van der Waals surface area contributed by atoms with Gasteiger partial charge < -0.3 is 9.88 Å². The summed E-state index contributed by atoms with van der Waals surface area (Å²) in [4.78, 5) is 22.2. The summed E-state index contributed by atoms with van der Waals surface area (Å²) in [5, 5.41) is 0. The Kier molecular flexibility index (Phi) is 4.09. The van der Waals surface area contributed by atoms with Gasteiger partial charge >= 0.3 is 0 Å². The van der Waals surface area contributed by atoms with Crippen molar-refractivity contribution in [2.45, 2.75) is 71.8 Å². The largest absolute Gasteiger partial charge is 0.345 e. The first-order valence-electron chi connectivity index (χ1n) is 11.3. The molecule has 3 saturated carbocycles. The molecule has 28 heavy (non-hydrogen) atoms. The van der Waals surface area contributed by atoms with Gasteiger partial charge in [-0.1, -0.05) is 26.3 Å². The third kappa shape index (κ3) is 2.42. The van der Waals surface area contributed by atoms with Crippen molar-refractivity contribution in [3.63, 3.8) is 0 Å². The fourth-order valence-electron chi connectivity index (χ4n) is 8.15. The second kappa shape index (κ2) is 6.21. The maximum absolute atomic E-state index is 12.3. The summed E-state index contributed by atoms with van der Waals surface area (Å²) in [5.74, 6) is 4.37. The van der Waals surface area contributed by atoms with Crippen LogP contribution in [-0.4, -0.2) is 33.9 Å². The zero-order valence-corrected chi connectivity index (χ0v) is 17.9. The van der Waals surface area contributed by atoms with Crippen molar-refractivity contribution in [3.8, 4) is 0 Å². The Bertz CT molecular complexity index is 799. The highest BCUT2D eigenvalue weighted by atomic mass is 16.2. The molecule has 5 rings (SSSR count). The van der Waals surface area contributed by atoms with Gasteiger partial charge in [-0.05, 0) is 79.1 Å². The Morgan fingerprint density at radius 3 is 2.79 bits per heavy atom. The monoisotopic (exact) mass is 381 g/mol. The number of nitrogens with one attached hydrogen (secondary N) is 1. The number of hydrogen-bond acceptors (Lipinski definition) is 2. The highest BCUT2D eigenvalue weighted by Gasteiger charge is 2.61. The van der Waals surface area contributed by atoms with Gasteiger partial charge in [0.2, 0.25) is 5.91 Å². The van der Waals surface area contributed by atoms with Gasteiger partial charge in [-0.3, -0.25) is 4.79 Å². The fraction of sp³-hybridized carbons (Fsp3) is 0.750. The summed E-state index contributed by atoms with van der Waals surface area (Å²) < 4.78 is 0. The van der Waals surface area contributed by atoms with Gasteiger partial charge in [-0.25, -0.2) is 4.98 Å².